The van der Waals surface area contributed by atoms with Crippen LogP contribution >= 0.6 is 0 Å². The van der Waals surface area contributed by atoms with Crippen LogP contribution in [0.3, 0.4) is 0 Å². The van der Waals surface area contributed by atoms with Crippen LogP contribution in [0.5, 0.6) is 0 Å². The molecule has 0 spiro atoms. The average molecular weight is 282 g/mol. The summed E-state index contributed by atoms with van der Waals surface area (Å²) in [5.74, 6) is 1.30. The van der Waals surface area contributed by atoms with E-state index in [1.807, 2.05) is 42.5 Å². The lowest BCUT2D eigenvalue weighted by Crippen LogP contribution is -2.20. The molecule has 0 radical (unpaired) electrons. The zero-order valence-electron chi connectivity index (χ0n) is 11.8. The van der Waals surface area contributed by atoms with Gasteiger partial charge in [0, 0.05) is 13.1 Å². The monoisotopic (exact) mass is 282 g/mol. The first kappa shape index (κ1) is 13.5. The first-order valence-electron chi connectivity index (χ1n) is 7.24. The number of aromatic nitrogens is 2. The molecule has 21 heavy (non-hydrogen) atoms. The van der Waals surface area contributed by atoms with Crippen molar-refractivity contribution in [2.45, 2.75) is 19.3 Å². The average Bonchev–Trinajstić information content (AvgIpc) is 3.03. The van der Waals surface area contributed by atoms with Crippen molar-refractivity contribution in [2.75, 3.05) is 23.3 Å². The zero-order chi connectivity index (χ0) is 14.5. The fourth-order valence-electron chi connectivity index (χ4n) is 2.48. The van der Waals surface area contributed by atoms with Crippen LogP contribution in [0.15, 0.2) is 42.5 Å². The van der Waals surface area contributed by atoms with Crippen LogP contribution in [-0.2, 0) is 11.2 Å². The van der Waals surface area contributed by atoms with Crippen molar-refractivity contribution >= 4 is 17.5 Å². The molecule has 0 saturated carbocycles. The van der Waals surface area contributed by atoms with Gasteiger partial charge < -0.3 is 10.2 Å². The second-order valence-corrected chi connectivity index (χ2v) is 5.18. The summed E-state index contributed by atoms with van der Waals surface area (Å²) in [5, 5.41) is 11.0. The predicted octanol–water partition coefficient (Wildman–Crippen LogP) is 2.26. The van der Waals surface area contributed by atoms with Crippen molar-refractivity contribution in [3.05, 3.63) is 48.0 Å². The lowest BCUT2D eigenvalue weighted by molar-refractivity contribution is -0.115. The molecule has 1 aliphatic heterocycles. The summed E-state index contributed by atoms with van der Waals surface area (Å²) in [4.78, 5) is 14.1. The maximum Gasteiger partial charge on any atom is 0.229 e. The molecule has 1 aromatic carbocycles. The summed E-state index contributed by atoms with van der Waals surface area (Å²) >= 11 is 0. The summed E-state index contributed by atoms with van der Waals surface area (Å²) in [6.45, 7) is 2.07. The number of benzene rings is 1. The molecule has 1 aliphatic rings. The van der Waals surface area contributed by atoms with E-state index >= 15 is 0 Å². The van der Waals surface area contributed by atoms with Crippen molar-refractivity contribution in [1.29, 1.82) is 0 Å². The van der Waals surface area contributed by atoms with Gasteiger partial charge in [-0.15, -0.1) is 10.2 Å². The molecule has 2 heterocycles. The molecular weight excluding hydrogens is 264 g/mol. The number of carbonyl (C=O) groups excluding carboxylic acids is 1. The molecule has 2 aromatic rings. The van der Waals surface area contributed by atoms with Crippen LogP contribution in [-0.4, -0.2) is 29.2 Å². The van der Waals surface area contributed by atoms with E-state index in [0.717, 1.165) is 24.5 Å². The molecule has 5 heteroatoms. The van der Waals surface area contributed by atoms with Gasteiger partial charge in [-0.05, 0) is 30.5 Å². The van der Waals surface area contributed by atoms with E-state index in [1.54, 1.807) is 0 Å². The van der Waals surface area contributed by atoms with Gasteiger partial charge in [-0.1, -0.05) is 30.3 Å². The summed E-state index contributed by atoms with van der Waals surface area (Å²) in [6, 6.07) is 13.4. The number of amides is 1. The number of rotatable bonds is 4. The van der Waals surface area contributed by atoms with Crippen molar-refractivity contribution in [1.82, 2.24) is 10.2 Å². The Balaban J connectivity index is 1.58. The van der Waals surface area contributed by atoms with E-state index in [0.29, 0.717) is 12.2 Å². The molecule has 0 unspecified atom stereocenters. The molecular formula is C16H18N4O. The van der Waals surface area contributed by atoms with Gasteiger partial charge in [0.25, 0.3) is 0 Å². The highest BCUT2D eigenvalue weighted by molar-refractivity contribution is 5.91. The van der Waals surface area contributed by atoms with Crippen LogP contribution < -0.4 is 10.2 Å². The molecule has 3 rings (SSSR count). The van der Waals surface area contributed by atoms with Gasteiger partial charge in [-0.2, -0.15) is 0 Å². The van der Waals surface area contributed by atoms with E-state index in [4.69, 9.17) is 0 Å². The van der Waals surface area contributed by atoms with Gasteiger partial charge >= 0.3 is 0 Å². The molecule has 0 bridgehead atoms. The number of hydrogen-bond donors (Lipinski definition) is 1. The molecule has 0 aliphatic carbocycles. The third-order valence-corrected chi connectivity index (χ3v) is 3.56. The quantitative estimate of drug-likeness (QED) is 0.934. The highest BCUT2D eigenvalue weighted by atomic mass is 16.1. The van der Waals surface area contributed by atoms with Gasteiger partial charge in [-0.25, -0.2) is 0 Å². The van der Waals surface area contributed by atoms with E-state index in [-0.39, 0.29) is 5.91 Å². The Morgan fingerprint density at radius 3 is 2.48 bits per heavy atom. The summed E-state index contributed by atoms with van der Waals surface area (Å²) in [5.41, 5.74) is 0.983. The van der Waals surface area contributed by atoms with Crippen LogP contribution in [0.2, 0.25) is 0 Å². The van der Waals surface area contributed by atoms with Crippen LogP contribution in [0.1, 0.15) is 18.4 Å². The van der Waals surface area contributed by atoms with Crippen molar-refractivity contribution in [2.24, 2.45) is 0 Å². The fourth-order valence-corrected chi connectivity index (χ4v) is 2.48. The Labute approximate surface area is 124 Å². The first-order chi connectivity index (χ1) is 10.3. The van der Waals surface area contributed by atoms with Crippen molar-refractivity contribution in [3.8, 4) is 0 Å². The molecule has 108 valence electrons. The van der Waals surface area contributed by atoms with E-state index in [9.17, 15) is 4.79 Å². The lowest BCUT2D eigenvalue weighted by Gasteiger charge is -2.15. The lowest BCUT2D eigenvalue weighted by atomic mass is 10.1. The minimum Gasteiger partial charge on any atom is -0.355 e. The van der Waals surface area contributed by atoms with Gasteiger partial charge in [0.05, 0.1) is 6.42 Å². The number of nitrogens with one attached hydrogen (secondary N) is 1. The minimum atomic E-state index is -0.0792. The van der Waals surface area contributed by atoms with E-state index in [2.05, 4.69) is 20.4 Å². The summed E-state index contributed by atoms with van der Waals surface area (Å²) in [7, 11) is 0. The van der Waals surface area contributed by atoms with Gasteiger partial charge in [-0.3, -0.25) is 4.79 Å². The van der Waals surface area contributed by atoms with Crippen molar-refractivity contribution in [3.63, 3.8) is 0 Å². The topological polar surface area (TPSA) is 58.1 Å². The van der Waals surface area contributed by atoms with Gasteiger partial charge in [0.15, 0.2) is 11.6 Å². The fraction of sp³-hybridized carbons (Fsp3) is 0.312. The maximum atomic E-state index is 11.9. The molecule has 1 fully saturated rings. The van der Waals surface area contributed by atoms with Crippen LogP contribution in [0, 0.1) is 0 Å². The SMILES string of the molecule is O=C(Cc1ccccc1)Nc1ccc(N2CCCC2)nn1. The van der Waals surface area contributed by atoms with Crippen LogP contribution in [0.25, 0.3) is 0 Å². The number of hydrogen-bond acceptors (Lipinski definition) is 4. The largest absolute Gasteiger partial charge is 0.355 e. The Morgan fingerprint density at radius 2 is 1.81 bits per heavy atom. The summed E-state index contributed by atoms with van der Waals surface area (Å²) < 4.78 is 0. The smallest absolute Gasteiger partial charge is 0.229 e. The Bertz CT molecular complexity index is 591. The molecule has 1 N–H and O–H groups in total. The number of nitrogens with zero attached hydrogens (tertiary/aromatic N) is 3. The molecule has 1 aromatic heterocycles. The van der Waals surface area contributed by atoms with Crippen molar-refractivity contribution < 1.29 is 4.79 Å². The highest BCUT2D eigenvalue weighted by Gasteiger charge is 2.14. The van der Waals surface area contributed by atoms with Gasteiger partial charge in [0.1, 0.15) is 0 Å². The first-order valence-corrected chi connectivity index (χ1v) is 7.24. The number of carbonyl (C=O) groups is 1. The second kappa shape index (κ2) is 6.35. The number of anilines is 2. The van der Waals surface area contributed by atoms with Gasteiger partial charge in [0.2, 0.25) is 5.91 Å². The maximum absolute atomic E-state index is 11.9. The third-order valence-electron chi connectivity index (χ3n) is 3.56. The van der Waals surface area contributed by atoms with E-state index < -0.39 is 0 Å². The molecule has 5 nitrogen and oxygen atoms in total. The van der Waals surface area contributed by atoms with Crippen LogP contribution in [0.4, 0.5) is 11.6 Å². The Morgan fingerprint density at radius 1 is 1.05 bits per heavy atom. The third kappa shape index (κ3) is 3.56. The van der Waals surface area contributed by atoms with E-state index in [1.165, 1.54) is 12.8 Å². The minimum absolute atomic E-state index is 0.0792. The Kier molecular flexibility index (Phi) is 4.09. The zero-order valence-corrected chi connectivity index (χ0v) is 11.8. The highest BCUT2D eigenvalue weighted by Crippen LogP contribution is 2.17. The predicted molar refractivity (Wildman–Crippen MR) is 82.3 cm³/mol. The molecule has 0 atom stereocenters. The standard InChI is InChI=1S/C16H18N4O/c21-16(12-13-6-2-1-3-7-13)17-14-8-9-15(19-18-14)20-10-4-5-11-20/h1-3,6-9H,4-5,10-12H2,(H,17,18,21). The Hall–Kier alpha value is -2.43. The second-order valence-electron chi connectivity index (χ2n) is 5.18. The molecule has 1 saturated heterocycles. The normalized spacial score (nSPS) is 14.2. The molecule has 1 amide bonds. The summed E-state index contributed by atoms with van der Waals surface area (Å²) in [6.07, 6.45) is 2.75.